The molecule has 0 heterocycles. The third-order valence-corrected chi connectivity index (χ3v) is 6.37. The Labute approximate surface area is 162 Å². The Kier molecular flexibility index (Phi) is 9.21. The molecule has 0 saturated heterocycles. The van der Waals surface area contributed by atoms with Gasteiger partial charge in [-0.05, 0) is 24.3 Å². The first-order valence-electron chi connectivity index (χ1n) is 9.30. The molecule has 7 nitrogen and oxygen atoms in total. The summed E-state index contributed by atoms with van der Waals surface area (Å²) >= 11 is 0. The molecule has 1 rings (SSSR count). The van der Waals surface area contributed by atoms with Crippen LogP contribution in [0.4, 0.5) is 4.79 Å². The van der Waals surface area contributed by atoms with E-state index in [0.717, 1.165) is 5.56 Å². The minimum atomic E-state index is -3.68. The lowest BCUT2D eigenvalue weighted by Crippen LogP contribution is -2.55. The van der Waals surface area contributed by atoms with E-state index < -0.39 is 21.8 Å². The molecular weight excluding hydrogens is 368 g/mol. The Morgan fingerprint density at radius 2 is 1.93 bits per heavy atom. The summed E-state index contributed by atoms with van der Waals surface area (Å²) in [6.45, 7) is 5.80. The van der Waals surface area contributed by atoms with Crippen LogP contribution in [0.2, 0.25) is 0 Å². The van der Waals surface area contributed by atoms with Crippen molar-refractivity contribution < 1.29 is 23.1 Å². The maximum atomic E-state index is 12.9. The number of sulfonamides is 1. The van der Waals surface area contributed by atoms with Crippen LogP contribution in [0, 0.1) is 5.92 Å². The third kappa shape index (κ3) is 7.86. The standard InChI is InChI=1S/C19H32N2O5S/c1-4-14-27(24,25)21(12-10-16(2)3)19(23,11-13-26-18(20)22)15-17-8-6-5-7-9-17/h5-9,16,23H,4,10-15H2,1-3H3,(H2,20,22). The van der Waals surface area contributed by atoms with E-state index >= 15 is 0 Å². The van der Waals surface area contributed by atoms with Crippen molar-refractivity contribution >= 4 is 16.1 Å². The van der Waals surface area contributed by atoms with Crippen molar-refractivity contribution in [2.45, 2.75) is 52.2 Å². The summed E-state index contributed by atoms with van der Waals surface area (Å²) in [5, 5.41) is 11.4. The van der Waals surface area contributed by atoms with Crippen LogP contribution in [0.25, 0.3) is 0 Å². The molecule has 0 spiro atoms. The summed E-state index contributed by atoms with van der Waals surface area (Å²) in [5.41, 5.74) is 4.09. The number of ether oxygens (including phenoxy) is 1. The van der Waals surface area contributed by atoms with Gasteiger partial charge in [0.1, 0.15) is 5.72 Å². The zero-order valence-corrected chi connectivity index (χ0v) is 17.2. The monoisotopic (exact) mass is 400 g/mol. The topological polar surface area (TPSA) is 110 Å². The fraction of sp³-hybridized carbons (Fsp3) is 0.632. The molecule has 154 valence electrons. The third-order valence-electron chi connectivity index (χ3n) is 4.25. The average Bonchev–Trinajstić information content (AvgIpc) is 2.54. The summed E-state index contributed by atoms with van der Waals surface area (Å²) in [7, 11) is -3.68. The Morgan fingerprint density at radius 1 is 1.30 bits per heavy atom. The molecule has 1 unspecified atom stereocenters. The average molecular weight is 401 g/mol. The molecular formula is C19H32N2O5S. The lowest BCUT2D eigenvalue weighted by Gasteiger charge is -2.39. The maximum absolute atomic E-state index is 12.9. The highest BCUT2D eigenvalue weighted by Crippen LogP contribution is 2.27. The highest BCUT2D eigenvalue weighted by Gasteiger charge is 2.41. The number of hydrogen-bond donors (Lipinski definition) is 2. The number of rotatable bonds is 12. The van der Waals surface area contributed by atoms with Crippen molar-refractivity contribution in [1.82, 2.24) is 4.31 Å². The normalized spacial score (nSPS) is 14.3. The van der Waals surface area contributed by atoms with E-state index in [9.17, 15) is 18.3 Å². The minimum absolute atomic E-state index is 0.0567. The molecule has 0 radical (unpaired) electrons. The van der Waals surface area contributed by atoms with E-state index in [4.69, 9.17) is 10.5 Å². The largest absolute Gasteiger partial charge is 0.450 e. The molecule has 27 heavy (non-hydrogen) atoms. The first kappa shape index (κ1) is 23.4. The SMILES string of the molecule is CCCS(=O)(=O)N(CCC(C)C)C(O)(CCOC(N)=O)Cc1ccccc1. The van der Waals surface area contributed by atoms with Gasteiger partial charge in [0.2, 0.25) is 10.0 Å². The minimum Gasteiger partial charge on any atom is -0.450 e. The van der Waals surface area contributed by atoms with Gasteiger partial charge in [0.15, 0.2) is 0 Å². The molecule has 0 aliphatic heterocycles. The molecule has 0 saturated carbocycles. The smallest absolute Gasteiger partial charge is 0.404 e. The Bertz CT molecular complexity index is 679. The van der Waals surface area contributed by atoms with Crippen LogP contribution in [-0.2, 0) is 21.2 Å². The van der Waals surface area contributed by atoms with Crippen LogP contribution >= 0.6 is 0 Å². The van der Waals surface area contributed by atoms with Crippen molar-refractivity contribution in [3.05, 3.63) is 35.9 Å². The summed E-state index contributed by atoms with van der Waals surface area (Å²) < 4.78 is 31.8. The number of nitrogens with two attached hydrogens (primary N) is 1. The molecule has 0 aliphatic rings. The van der Waals surface area contributed by atoms with E-state index in [2.05, 4.69) is 0 Å². The molecule has 1 amide bonds. The second kappa shape index (κ2) is 10.6. The molecule has 0 aliphatic carbocycles. The Morgan fingerprint density at radius 3 is 2.44 bits per heavy atom. The second-order valence-corrected chi connectivity index (χ2v) is 9.15. The molecule has 8 heteroatoms. The Balaban J connectivity index is 3.22. The van der Waals surface area contributed by atoms with Crippen LogP contribution in [-0.4, -0.2) is 48.6 Å². The van der Waals surface area contributed by atoms with Crippen LogP contribution in [0.5, 0.6) is 0 Å². The number of carbonyl (C=O) groups excluding carboxylic acids is 1. The molecule has 0 bridgehead atoms. The lowest BCUT2D eigenvalue weighted by molar-refractivity contribution is -0.0775. The van der Waals surface area contributed by atoms with Gasteiger partial charge in [0.05, 0.1) is 12.4 Å². The van der Waals surface area contributed by atoms with E-state index in [1.807, 2.05) is 44.2 Å². The molecule has 1 aromatic rings. The number of aliphatic hydroxyl groups is 1. The highest BCUT2D eigenvalue weighted by atomic mass is 32.2. The number of hydrogen-bond acceptors (Lipinski definition) is 5. The zero-order chi connectivity index (χ0) is 20.5. The van der Waals surface area contributed by atoms with Gasteiger partial charge in [-0.25, -0.2) is 13.2 Å². The fourth-order valence-electron chi connectivity index (χ4n) is 2.89. The lowest BCUT2D eigenvalue weighted by atomic mass is 9.99. The van der Waals surface area contributed by atoms with Gasteiger partial charge in [-0.3, -0.25) is 0 Å². The Hall–Kier alpha value is -1.64. The maximum Gasteiger partial charge on any atom is 0.404 e. The fourth-order valence-corrected chi connectivity index (χ4v) is 4.68. The van der Waals surface area contributed by atoms with Gasteiger partial charge in [0.25, 0.3) is 0 Å². The van der Waals surface area contributed by atoms with E-state index in [-0.39, 0.29) is 37.7 Å². The number of amides is 1. The molecule has 1 atom stereocenters. The molecule has 0 fully saturated rings. The van der Waals surface area contributed by atoms with Crippen LogP contribution in [0.1, 0.15) is 45.6 Å². The van der Waals surface area contributed by atoms with Crippen LogP contribution < -0.4 is 5.73 Å². The predicted molar refractivity (Wildman–Crippen MR) is 105 cm³/mol. The van der Waals surface area contributed by atoms with Crippen molar-refractivity contribution in [1.29, 1.82) is 0 Å². The first-order valence-corrected chi connectivity index (χ1v) is 10.9. The van der Waals surface area contributed by atoms with Crippen molar-refractivity contribution in [2.24, 2.45) is 11.7 Å². The molecule has 3 N–H and O–H groups in total. The highest BCUT2D eigenvalue weighted by molar-refractivity contribution is 7.89. The van der Waals surface area contributed by atoms with Gasteiger partial charge >= 0.3 is 6.09 Å². The predicted octanol–water partition coefficient (Wildman–Crippen LogP) is 2.49. The van der Waals surface area contributed by atoms with E-state index in [1.165, 1.54) is 4.31 Å². The summed E-state index contributed by atoms with van der Waals surface area (Å²) in [6.07, 6.45) is 0.126. The first-order chi connectivity index (χ1) is 12.6. The number of nitrogens with zero attached hydrogens (tertiary/aromatic N) is 1. The molecule has 0 aromatic heterocycles. The van der Waals surface area contributed by atoms with Gasteiger partial charge in [-0.1, -0.05) is 51.1 Å². The van der Waals surface area contributed by atoms with Crippen molar-refractivity contribution in [3.63, 3.8) is 0 Å². The van der Waals surface area contributed by atoms with Crippen LogP contribution in [0.15, 0.2) is 30.3 Å². The number of benzene rings is 1. The quantitative estimate of drug-likeness (QED) is 0.524. The summed E-state index contributed by atoms with van der Waals surface area (Å²) in [4.78, 5) is 10.9. The van der Waals surface area contributed by atoms with E-state index in [0.29, 0.717) is 12.8 Å². The van der Waals surface area contributed by atoms with Gasteiger partial charge in [0, 0.05) is 19.4 Å². The summed E-state index contributed by atoms with van der Waals surface area (Å²) in [5.74, 6) is 0.214. The van der Waals surface area contributed by atoms with Gasteiger partial charge in [-0.2, -0.15) is 4.31 Å². The summed E-state index contributed by atoms with van der Waals surface area (Å²) in [6, 6.07) is 9.16. The van der Waals surface area contributed by atoms with Crippen molar-refractivity contribution in [2.75, 3.05) is 18.9 Å². The van der Waals surface area contributed by atoms with E-state index in [1.54, 1.807) is 6.92 Å². The van der Waals surface area contributed by atoms with Crippen molar-refractivity contribution in [3.8, 4) is 0 Å². The van der Waals surface area contributed by atoms with Gasteiger partial charge < -0.3 is 15.6 Å². The second-order valence-electron chi connectivity index (χ2n) is 7.13. The zero-order valence-electron chi connectivity index (χ0n) is 16.4. The number of primary amides is 1. The van der Waals surface area contributed by atoms with Gasteiger partial charge in [-0.15, -0.1) is 0 Å². The van der Waals surface area contributed by atoms with Crippen LogP contribution in [0.3, 0.4) is 0 Å². The molecule has 1 aromatic carbocycles. The number of carbonyl (C=O) groups is 1.